The maximum Gasteiger partial charge on any atom is 0.0661 e. The molecule has 106 valence electrons. The first-order valence-electron chi connectivity index (χ1n) is 6.65. The smallest absolute Gasteiger partial charge is 0.0661 e. The van der Waals surface area contributed by atoms with E-state index >= 15 is 0 Å². The first-order chi connectivity index (χ1) is 10.1. The van der Waals surface area contributed by atoms with E-state index in [9.17, 15) is 0 Å². The maximum absolute atomic E-state index is 3.87. The van der Waals surface area contributed by atoms with Gasteiger partial charge in [0.1, 0.15) is 0 Å². The number of fused-ring (bicyclic) bond motifs is 1. The summed E-state index contributed by atoms with van der Waals surface area (Å²) in [5.74, 6) is 0. The van der Waals surface area contributed by atoms with Gasteiger partial charge in [-0.1, -0.05) is 90.3 Å². The topological polar surface area (TPSA) is 0 Å². The second-order valence-electron chi connectivity index (χ2n) is 5.05. The molecule has 0 amide bonds. The highest BCUT2D eigenvalue weighted by Gasteiger charge is 2.17. The monoisotopic (exact) mass is 466 g/mol. The maximum atomic E-state index is 3.87. The first kappa shape index (κ1) is 15.3. The lowest BCUT2D eigenvalue weighted by atomic mass is 9.98. The Morgan fingerprint density at radius 2 is 1.52 bits per heavy atom. The second-order valence-corrected chi connectivity index (χ2v) is 7.68. The predicted octanol–water partition coefficient (Wildman–Crippen LogP) is 7.16. The molecule has 3 aromatic rings. The number of benzene rings is 3. The van der Waals surface area contributed by atoms with Crippen molar-refractivity contribution in [3.63, 3.8) is 0 Å². The fourth-order valence-electron chi connectivity index (χ4n) is 2.49. The van der Waals surface area contributed by atoms with E-state index in [2.05, 4.69) is 109 Å². The lowest BCUT2D eigenvalue weighted by Gasteiger charge is -2.16. The van der Waals surface area contributed by atoms with Crippen molar-refractivity contribution in [1.29, 1.82) is 0 Å². The highest BCUT2D eigenvalue weighted by molar-refractivity contribution is 9.11. The highest BCUT2D eigenvalue weighted by Crippen LogP contribution is 2.40. The summed E-state index contributed by atoms with van der Waals surface area (Å²) < 4.78 is 2.25. The van der Waals surface area contributed by atoms with Crippen LogP contribution < -0.4 is 0 Å². The molecule has 0 N–H and O–H groups in total. The van der Waals surface area contributed by atoms with E-state index in [0.717, 1.165) is 8.95 Å². The Hall–Kier alpha value is -0.640. The van der Waals surface area contributed by atoms with Gasteiger partial charge in [-0.15, -0.1) is 0 Å². The number of hydrogen-bond donors (Lipinski definition) is 0. The van der Waals surface area contributed by atoms with Crippen LogP contribution in [-0.4, -0.2) is 0 Å². The number of aryl methyl sites for hydroxylation is 1. The Labute approximate surface area is 150 Å². The summed E-state index contributed by atoms with van der Waals surface area (Å²) in [6.45, 7) is 2.10. The van der Waals surface area contributed by atoms with Crippen LogP contribution in [0.25, 0.3) is 10.8 Å². The largest absolute Gasteiger partial charge is 0.0786 e. The normalized spacial score (nSPS) is 12.6. The van der Waals surface area contributed by atoms with Gasteiger partial charge in [0.2, 0.25) is 0 Å². The number of hydrogen-bond acceptors (Lipinski definition) is 0. The fourth-order valence-corrected chi connectivity index (χ4v) is 4.63. The van der Waals surface area contributed by atoms with Crippen LogP contribution in [0.1, 0.15) is 21.5 Å². The molecule has 0 saturated carbocycles. The van der Waals surface area contributed by atoms with Gasteiger partial charge in [-0.25, -0.2) is 0 Å². The molecule has 0 saturated heterocycles. The second kappa shape index (κ2) is 6.23. The van der Waals surface area contributed by atoms with Crippen molar-refractivity contribution in [3.05, 3.63) is 80.2 Å². The molecule has 0 nitrogen and oxygen atoms in total. The van der Waals surface area contributed by atoms with Crippen molar-refractivity contribution in [3.8, 4) is 0 Å². The van der Waals surface area contributed by atoms with Gasteiger partial charge in [0.05, 0.1) is 4.83 Å². The zero-order chi connectivity index (χ0) is 15.0. The lowest BCUT2D eigenvalue weighted by Crippen LogP contribution is -1.96. The molecule has 0 aliphatic carbocycles. The van der Waals surface area contributed by atoms with Crippen LogP contribution in [0.15, 0.2) is 63.5 Å². The Kier molecular flexibility index (Phi) is 4.53. The standard InChI is InChI=1S/C18H13Br3/c1-11-9-17(20)15(10-16(11)19)18(21)14-8-4-6-12-5-2-3-7-13(12)14/h2-10,18H,1H3. The van der Waals surface area contributed by atoms with Crippen LogP contribution in [0.3, 0.4) is 0 Å². The molecular weight excluding hydrogens is 456 g/mol. The van der Waals surface area contributed by atoms with Crippen molar-refractivity contribution in [2.24, 2.45) is 0 Å². The lowest BCUT2D eigenvalue weighted by molar-refractivity contribution is 1.17. The van der Waals surface area contributed by atoms with Crippen molar-refractivity contribution < 1.29 is 0 Å². The Morgan fingerprint density at radius 1 is 0.810 bits per heavy atom. The van der Waals surface area contributed by atoms with E-state index in [4.69, 9.17) is 0 Å². The van der Waals surface area contributed by atoms with Crippen molar-refractivity contribution in [2.75, 3.05) is 0 Å². The minimum atomic E-state index is 0.148. The van der Waals surface area contributed by atoms with Crippen molar-refractivity contribution in [1.82, 2.24) is 0 Å². The molecule has 21 heavy (non-hydrogen) atoms. The van der Waals surface area contributed by atoms with Gasteiger partial charge >= 0.3 is 0 Å². The Morgan fingerprint density at radius 3 is 2.33 bits per heavy atom. The van der Waals surface area contributed by atoms with Crippen LogP contribution in [0, 0.1) is 6.92 Å². The summed E-state index contributed by atoms with van der Waals surface area (Å²) in [5.41, 5.74) is 3.73. The third-order valence-corrected chi connectivity index (χ3v) is 6.18. The average molecular weight is 469 g/mol. The molecule has 0 heterocycles. The molecule has 0 aromatic heterocycles. The molecule has 0 fully saturated rings. The van der Waals surface area contributed by atoms with Crippen LogP contribution in [-0.2, 0) is 0 Å². The predicted molar refractivity (Wildman–Crippen MR) is 101 cm³/mol. The van der Waals surface area contributed by atoms with E-state index in [1.165, 1.54) is 27.5 Å². The van der Waals surface area contributed by atoms with Gasteiger partial charge in [-0.3, -0.25) is 0 Å². The molecule has 1 unspecified atom stereocenters. The molecule has 3 rings (SSSR count). The average Bonchev–Trinajstić information content (AvgIpc) is 2.49. The van der Waals surface area contributed by atoms with Crippen LogP contribution in [0.2, 0.25) is 0 Å². The van der Waals surface area contributed by atoms with Gasteiger partial charge in [0.15, 0.2) is 0 Å². The zero-order valence-corrected chi connectivity index (χ0v) is 16.2. The van der Waals surface area contributed by atoms with Gasteiger partial charge in [0, 0.05) is 8.95 Å². The molecule has 3 heteroatoms. The minimum Gasteiger partial charge on any atom is -0.0786 e. The van der Waals surface area contributed by atoms with Gasteiger partial charge in [-0.05, 0) is 46.5 Å². The molecule has 1 atom stereocenters. The third-order valence-electron chi connectivity index (χ3n) is 3.65. The summed E-state index contributed by atoms with van der Waals surface area (Å²) in [7, 11) is 0. The van der Waals surface area contributed by atoms with Crippen molar-refractivity contribution >= 4 is 58.6 Å². The van der Waals surface area contributed by atoms with E-state index in [0.29, 0.717) is 0 Å². The summed E-state index contributed by atoms with van der Waals surface area (Å²) in [5, 5.41) is 2.55. The highest BCUT2D eigenvalue weighted by atomic mass is 79.9. The Balaban J connectivity index is 2.17. The molecule has 0 aliphatic rings. The van der Waals surface area contributed by atoms with Crippen LogP contribution in [0.5, 0.6) is 0 Å². The first-order valence-corrected chi connectivity index (χ1v) is 9.15. The third kappa shape index (κ3) is 2.96. The van der Waals surface area contributed by atoms with Crippen LogP contribution in [0.4, 0.5) is 0 Å². The number of alkyl halides is 1. The van der Waals surface area contributed by atoms with E-state index < -0.39 is 0 Å². The summed E-state index contributed by atoms with van der Waals surface area (Å²) >= 11 is 11.2. The quantitative estimate of drug-likeness (QED) is 0.350. The van der Waals surface area contributed by atoms with Gasteiger partial charge in [-0.2, -0.15) is 0 Å². The van der Waals surface area contributed by atoms with Crippen LogP contribution >= 0.6 is 47.8 Å². The number of halogens is 3. The summed E-state index contributed by atoms with van der Waals surface area (Å²) in [6, 6.07) is 19.3. The molecule has 0 aliphatic heterocycles. The van der Waals surface area contributed by atoms with E-state index in [-0.39, 0.29) is 4.83 Å². The molecule has 0 radical (unpaired) electrons. The van der Waals surface area contributed by atoms with E-state index in [1.807, 2.05) is 0 Å². The molecular formula is C18H13Br3. The van der Waals surface area contributed by atoms with Gasteiger partial charge < -0.3 is 0 Å². The van der Waals surface area contributed by atoms with Crippen molar-refractivity contribution in [2.45, 2.75) is 11.8 Å². The van der Waals surface area contributed by atoms with E-state index in [1.54, 1.807) is 0 Å². The molecule has 0 spiro atoms. The number of rotatable bonds is 2. The molecule has 0 bridgehead atoms. The zero-order valence-electron chi connectivity index (χ0n) is 11.4. The molecule has 3 aromatic carbocycles. The SMILES string of the molecule is Cc1cc(Br)c(C(Br)c2cccc3ccccc23)cc1Br. The fraction of sp³-hybridized carbons (Fsp3) is 0.111. The Bertz CT molecular complexity index is 803. The summed E-state index contributed by atoms with van der Waals surface area (Å²) in [6.07, 6.45) is 0. The summed E-state index contributed by atoms with van der Waals surface area (Å²) in [4.78, 5) is 0.148. The van der Waals surface area contributed by atoms with Gasteiger partial charge in [0.25, 0.3) is 0 Å². The minimum absolute atomic E-state index is 0.148.